The van der Waals surface area contributed by atoms with E-state index in [1.165, 1.54) is 46.4 Å². The molecule has 1 amide bonds. The summed E-state index contributed by atoms with van der Waals surface area (Å²) in [5.74, 6) is -0.407. The first-order valence-corrected chi connectivity index (χ1v) is 12.6. The normalized spacial score (nSPS) is 11.4. The van der Waals surface area contributed by atoms with Gasteiger partial charge >= 0.3 is 0 Å². The third kappa shape index (κ3) is 5.28. The summed E-state index contributed by atoms with van der Waals surface area (Å²) in [6.07, 6.45) is 0. The van der Waals surface area contributed by atoms with Crippen LogP contribution in [0.4, 0.5) is 0 Å². The Morgan fingerprint density at radius 1 is 1.06 bits per heavy atom. The summed E-state index contributed by atoms with van der Waals surface area (Å²) in [7, 11) is -3.83. The van der Waals surface area contributed by atoms with Gasteiger partial charge in [0.2, 0.25) is 10.0 Å². The molecule has 0 radical (unpaired) electrons. The van der Waals surface area contributed by atoms with Crippen LogP contribution in [0.2, 0.25) is 0 Å². The number of rotatable bonds is 7. The number of carbonyl (C=O) groups excluding carboxylic acids is 1. The van der Waals surface area contributed by atoms with E-state index in [0.29, 0.717) is 5.69 Å². The van der Waals surface area contributed by atoms with Gasteiger partial charge in [0.1, 0.15) is 10.7 Å². The van der Waals surface area contributed by atoms with Gasteiger partial charge in [-0.15, -0.1) is 11.3 Å². The van der Waals surface area contributed by atoms with E-state index >= 15 is 0 Å². The maximum atomic E-state index is 12.3. The molecule has 0 fully saturated rings. The van der Waals surface area contributed by atoms with E-state index in [2.05, 4.69) is 15.4 Å². The third-order valence-corrected chi connectivity index (χ3v) is 7.13. The molecule has 0 atom stereocenters. The van der Waals surface area contributed by atoms with Crippen molar-refractivity contribution in [2.24, 2.45) is 5.14 Å². The molecular weight excluding hydrogens is 474 g/mol. The lowest BCUT2D eigenvalue weighted by molar-refractivity contribution is 0.0951. The highest BCUT2D eigenvalue weighted by Gasteiger charge is 2.14. The standard InChI is InChI=1S/C23H21N5O4S2/c1-15-21(33-23(26-15)17-5-3-2-4-6-17)19-11-12-20(29)28(27-19)14-13-25-22(30)16-7-9-18(10-8-16)34(24,31)32/h2-12H,13-14H2,1H3,(H,25,30)(H2,24,31,32). The van der Waals surface area contributed by atoms with Gasteiger partial charge in [0.05, 0.1) is 22.0 Å². The maximum Gasteiger partial charge on any atom is 0.266 e. The monoisotopic (exact) mass is 495 g/mol. The Morgan fingerprint density at radius 2 is 1.76 bits per heavy atom. The Balaban J connectivity index is 1.46. The summed E-state index contributed by atoms with van der Waals surface area (Å²) in [5, 5.41) is 13.1. The molecule has 0 saturated heterocycles. The van der Waals surface area contributed by atoms with Crippen LogP contribution in [0.5, 0.6) is 0 Å². The maximum absolute atomic E-state index is 12.3. The molecule has 0 unspecified atom stereocenters. The average Bonchev–Trinajstić information content (AvgIpc) is 3.22. The minimum Gasteiger partial charge on any atom is -0.350 e. The van der Waals surface area contributed by atoms with Crippen LogP contribution in [-0.2, 0) is 16.6 Å². The molecule has 9 nitrogen and oxygen atoms in total. The number of hydrogen-bond donors (Lipinski definition) is 2. The van der Waals surface area contributed by atoms with Crippen molar-refractivity contribution in [3.05, 3.63) is 88.3 Å². The van der Waals surface area contributed by atoms with Gasteiger partial charge < -0.3 is 5.32 Å². The van der Waals surface area contributed by atoms with E-state index in [9.17, 15) is 18.0 Å². The Labute approximate surface area is 200 Å². The molecule has 2 heterocycles. The number of nitrogens with one attached hydrogen (secondary N) is 1. The highest BCUT2D eigenvalue weighted by molar-refractivity contribution is 7.89. The number of benzene rings is 2. The van der Waals surface area contributed by atoms with Crippen molar-refractivity contribution in [1.29, 1.82) is 0 Å². The van der Waals surface area contributed by atoms with Gasteiger partial charge in [0, 0.05) is 23.7 Å². The molecule has 0 aliphatic carbocycles. The molecule has 0 aliphatic rings. The van der Waals surface area contributed by atoms with Crippen molar-refractivity contribution in [2.45, 2.75) is 18.4 Å². The first-order chi connectivity index (χ1) is 16.2. The third-order valence-electron chi connectivity index (χ3n) is 4.97. The van der Waals surface area contributed by atoms with Crippen molar-refractivity contribution in [1.82, 2.24) is 20.1 Å². The van der Waals surface area contributed by atoms with Gasteiger partial charge in [-0.1, -0.05) is 30.3 Å². The predicted molar refractivity (Wildman–Crippen MR) is 130 cm³/mol. The second-order valence-electron chi connectivity index (χ2n) is 7.40. The van der Waals surface area contributed by atoms with Gasteiger partial charge in [0.25, 0.3) is 11.5 Å². The molecule has 2 aromatic heterocycles. The second kappa shape index (κ2) is 9.67. The molecule has 0 saturated carbocycles. The van der Waals surface area contributed by atoms with Crippen LogP contribution in [0.25, 0.3) is 21.1 Å². The number of carbonyl (C=O) groups is 1. The Kier molecular flexibility index (Phi) is 6.68. The van der Waals surface area contributed by atoms with Crippen molar-refractivity contribution < 1.29 is 13.2 Å². The van der Waals surface area contributed by atoms with Crippen LogP contribution < -0.4 is 16.0 Å². The van der Waals surface area contributed by atoms with Gasteiger partial charge in [0.15, 0.2) is 0 Å². The Bertz CT molecular complexity index is 1490. The zero-order valence-corrected chi connectivity index (χ0v) is 19.8. The summed E-state index contributed by atoms with van der Waals surface area (Å²) in [6.45, 7) is 2.22. The minimum atomic E-state index is -3.83. The number of hydrogen-bond acceptors (Lipinski definition) is 7. The van der Waals surface area contributed by atoms with E-state index in [4.69, 9.17) is 5.14 Å². The van der Waals surface area contributed by atoms with E-state index in [1.807, 2.05) is 37.3 Å². The summed E-state index contributed by atoms with van der Waals surface area (Å²) in [5.41, 5.74) is 2.44. The van der Waals surface area contributed by atoms with Crippen molar-refractivity contribution in [2.75, 3.05) is 6.54 Å². The van der Waals surface area contributed by atoms with Crippen molar-refractivity contribution >= 4 is 27.3 Å². The van der Waals surface area contributed by atoms with E-state index in [0.717, 1.165) is 21.1 Å². The minimum absolute atomic E-state index is 0.0783. The van der Waals surface area contributed by atoms with Crippen molar-refractivity contribution in [3.8, 4) is 21.1 Å². The highest BCUT2D eigenvalue weighted by Crippen LogP contribution is 2.33. The summed E-state index contributed by atoms with van der Waals surface area (Å²) in [4.78, 5) is 30.1. The molecule has 2 aromatic carbocycles. The number of amides is 1. The van der Waals surface area contributed by atoms with E-state index in [1.54, 1.807) is 6.07 Å². The second-order valence-corrected chi connectivity index (χ2v) is 9.97. The molecule has 0 bridgehead atoms. The van der Waals surface area contributed by atoms with Crippen LogP contribution >= 0.6 is 11.3 Å². The van der Waals surface area contributed by atoms with Crippen LogP contribution in [0.15, 0.2) is 76.4 Å². The average molecular weight is 496 g/mol. The van der Waals surface area contributed by atoms with Crippen LogP contribution in [0.1, 0.15) is 16.1 Å². The van der Waals surface area contributed by atoms with E-state index in [-0.39, 0.29) is 29.1 Å². The number of nitrogens with two attached hydrogens (primary N) is 1. The lowest BCUT2D eigenvalue weighted by Crippen LogP contribution is -2.32. The lowest BCUT2D eigenvalue weighted by atomic mass is 10.2. The number of primary sulfonamides is 1. The quantitative estimate of drug-likeness (QED) is 0.404. The molecule has 4 aromatic rings. The molecule has 11 heteroatoms. The largest absolute Gasteiger partial charge is 0.350 e. The lowest BCUT2D eigenvalue weighted by Gasteiger charge is -2.08. The van der Waals surface area contributed by atoms with Crippen LogP contribution in [-0.4, -0.2) is 35.6 Å². The number of sulfonamides is 1. The highest BCUT2D eigenvalue weighted by atomic mass is 32.2. The molecule has 0 aliphatic heterocycles. The van der Waals surface area contributed by atoms with E-state index < -0.39 is 15.9 Å². The number of aryl methyl sites for hydroxylation is 1. The number of aromatic nitrogens is 3. The fraction of sp³-hybridized carbons (Fsp3) is 0.130. The first-order valence-electron chi connectivity index (χ1n) is 10.2. The predicted octanol–water partition coefficient (Wildman–Crippen LogP) is 2.42. The summed E-state index contributed by atoms with van der Waals surface area (Å²) < 4.78 is 24.0. The van der Waals surface area contributed by atoms with Crippen LogP contribution in [0, 0.1) is 6.92 Å². The zero-order chi connectivity index (χ0) is 24.3. The topological polar surface area (TPSA) is 137 Å². The summed E-state index contributed by atoms with van der Waals surface area (Å²) >= 11 is 1.50. The zero-order valence-electron chi connectivity index (χ0n) is 18.1. The fourth-order valence-electron chi connectivity index (χ4n) is 3.24. The molecule has 3 N–H and O–H groups in total. The van der Waals surface area contributed by atoms with Gasteiger partial charge in [-0.25, -0.2) is 23.2 Å². The SMILES string of the molecule is Cc1nc(-c2ccccc2)sc1-c1ccc(=O)n(CCNC(=O)c2ccc(S(N)(=O)=O)cc2)n1. The number of nitrogens with zero attached hydrogens (tertiary/aromatic N) is 3. The summed E-state index contributed by atoms with van der Waals surface area (Å²) in [6, 6.07) is 18.2. The Hall–Kier alpha value is -3.67. The molecule has 34 heavy (non-hydrogen) atoms. The molecule has 0 spiro atoms. The number of thiazole rings is 1. The molecule has 4 rings (SSSR count). The van der Waals surface area contributed by atoms with Crippen molar-refractivity contribution in [3.63, 3.8) is 0 Å². The van der Waals surface area contributed by atoms with Gasteiger partial charge in [-0.05, 0) is 37.3 Å². The molecule has 174 valence electrons. The molecular formula is C23H21N5O4S2. The van der Waals surface area contributed by atoms with Crippen LogP contribution in [0.3, 0.4) is 0 Å². The Morgan fingerprint density at radius 3 is 2.44 bits per heavy atom. The smallest absolute Gasteiger partial charge is 0.266 e. The fourth-order valence-corrected chi connectivity index (χ4v) is 4.79. The van der Waals surface area contributed by atoms with Gasteiger partial charge in [-0.2, -0.15) is 5.10 Å². The van der Waals surface area contributed by atoms with Gasteiger partial charge in [-0.3, -0.25) is 9.59 Å². The first kappa shape index (κ1) is 23.5.